The summed E-state index contributed by atoms with van der Waals surface area (Å²) in [5.74, 6) is -0.0214. The Morgan fingerprint density at radius 3 is 2.44 bits per heavy atom. The van der Waals surface area contributed by atoms with Crippen LogP contribution in [0.5, 0.6) is 0 Å². The first-order valence-corrected chi connectivity index (χ1v) is 8.54. The molecule has 0 unspecified atom stereocenters. The normalized spacial score (nSPS) is 11.2. The minimum Gasteiger partial charge on any atom is -0.333 e. The monoisotopic (exact) mass is 336 g/mol. The number of pyridine rings is 1. The fraction of sp³-hybridized carbons (Fsp3) is 0.300. The average Bonchev–Trinajstić information content (AvgIpc) is 2.98. The van der Waals surface area contributed by atoms with Crippen LogP contribution in [0, 0.1) is 0 Å². The van der Waals surface area contributed by atoms with E-state index < -0.39 is 0 Å². The highest BCUT2D eigenvalue weighted by Gasteiger charge is 2.23. The molecular weight excluding hydrogens is 312 g/mol. The molecule has 0 saturated heterocycles. The highest BCUT2D eigenvalue weighted by atomic mass is 16.2. The predicted octanol–water partition coefficient (Wildman–Crippen LogP) is 3.06. The lowest BCUT2D eigenvalue weighted by Gasteiger charge is -2.21. The summed E-state index contributed by atoms with van der Waals surface area (Å²) >= 11 is 0. The van der Waals surface area contributed by atoms with Crippen molar-refractivity contribution in [3.05, 3.63) is 71.7 Å². The number of imidazole rings is 1. The van der Waals surface area contributed by atoms with Crippen LogP contribution >= 0.6 is 0 Å². The summed E-state index contributed by atoms with van der Waals surface area (Å²) in [6.45, 7) is 3.89. The summed E-state index contributed by atoms with van der Waals surface area (Å²) < 4.78 is 2.00. The maximum Gasteiger partial charge on any atom is 0.274 e. The molecule has 25 heavy (non-hydrogen) atoms. The van der Waals surface area contributed by atoms with Gasteiger partial charge in [-0.1, -0.05) is 36.4 Å². The maximum atomic E-state index is 13.2. The van der Waals surface area contributed by atoms with Gasteiger partial charge in [0.15, 0.2) is 5.69 Å². The zero-order valence-electron chi connectivity index (χ0n) is 15.0. The van der Waals surface area contributed by atoms with Gasteiger partial charge in [0, 0.05) is 25.8 Å². The Kier molecular flexibility index (Phi) is 5.14. The zero-order valence-corrected chi connectivity index (χ0v) is 15.0. The third-order valence-corrected chi connectivity index (χ3v) is 4.18. The second kappa shape index (κ2) is 7.49. The van der Waals surface area contributed by atoms with Crippen molar-refractivity contribution < 1.29 is 4.79 Å². The largest absolute Gasteiger partial charge is 0.333 e. The topological polar surface area (TPSA) is 40.9 Å². The van der Waals surface area contributed by atoms with Gasteiger partial charge in [-0.25, -0.2) is 4.98 Å². The standard InChI is InChI=1S/C20H24N4O/c1-4-23(14-16-10-6-5-7-11-16)20(25)19-17(15-22(2)3)24-13-9-8-12-18(24)21-19/h5-13H,4,14-15H2,1-3H3. The first-order chi connectivity index (χ1) is 12.1. The lowest BCUT2D eigenvalue weighted by Crippen LogP contribution is -2.31. The molecule has 2 aromatic heterocycles. The van der Waals surface area contributed by atoms with Crippen LogP contribution in [0.1, 0.15) is 28.7 Å². The van der Waals surface area contributed by atoms with Gasteiger partial charge in [-0.2, -0.15) is 0 Å². The summed E-state index contributed by atoms with van der Waals surface area (Å²) in [7, 11) is 4.00. The first kappa shape index (κ1) is 17.2. The number of aromatic nitrogens is 2. The first-order valence-electron chi connectivity index (χ1n) is 8.54. The highest BCUT2D eigenvalue weighted by Crippen LogP contribution is 2.17. The van der Waals surface area contributed by atoms with Gasteiger partial charge in [0.1, 0.15) is 5.65 Å². The molecule has 0 aliphatic carbocycles. The van der Waals surface area contributed by atoms with Crippen molar-refractivity contribution in [3.8, 4) is 0 Å². The molecule has 0 aliphatic rings. The van der Waals surface area contributed by atoms with E-state index in [0.29, 0.717) is 25.3 Å². The Morgan fingerprint density at radius 1 is 1.04 bits per heavy atom. The number of carbonyl (C=O) groups excluding carboxylic acids is 1. The summed E-state index contributed by atoms with van der Waals surface area (Å²) in [6.07, 6.45) is 1.96. The third-order valence-electron chi connectivity index (χ3n) is 4.18. The molecule has 0 radical (unpaired) electrons. The molecular formula is C20H24N4O. The fourth-order valence-electron chi connectivity index (χ4n) is 2.95. The molecule has 0 saturated carbocycles. The summed E-state index contributed by atoms with van der Waals surface area (Å²) in [5.41, 5.74) is 3.39. The van der Waals surface area contributed by atoms with Gasteiger partial charge in [-0.3, -0.25) is 4.79 Å². The summed E-state index contributed by atoms with van der Waals surface area (Å²) in [6, 6.07) is 15.9. The van der Waals surface area contributed by atoms with Gasteiger partial charge in [-0.05, 0) is 38.7 Å². The lowest BCUT2D eigenvalue weighted by molar-refractivity contribution is 0.0745. The number of amides is 1. The Labute approximate surface area is 148 Å². The molecule has 1 amide bonds. The van der Waals surface area contributed by atoms with Gasteiger partial charge in [0.05, 0.1) is 5.69 Å². The van der Waals surface area contributed by atoms with E-state index in [0.717, 1.165) is 16.9 Å². The van der Waals surface area contributed by atoms with Crippen LogP contribution in [0.4, 0.5) is 0 Å². The van der Waals surface area contributed by atoms with Crippen LogP contribution in [-0.2, 0) is 13.1 Å². The number of nitrogens with zero attached hydrogens (tertiary/aromatic N) is 4. The van der Waals surface area contributed by atoms with Crippen molar-refractivity contribution in [1.82, 2.24) is 19.2 Å². The lowest BCUT2D eigenvalue weighted by atomic mass is 10.2. The zero-order chi connectivity index (χ0) is 17.8. The van der Waals surface area contributed by atoms with Crippen LogP contribution in [-0.4, -0.2) is 45.7 Å². The van der Waals surface area contributed by atoms with E-state index in [9.17, 15) is 4.79 Å². The van der Waals surface area contributed by atoms with Crippen molar-refractivity contribution in [2.75, 3.05) is 20.6 Å². The molecule has 5 nitrogen and oxygen atoms in total. The van der Waals surface area contributed by atoms with Crippen LogP contribution in [0.3, 0.4) is 0 Å². The van der Waals surface area contributed by atoms with E-state index in [-0.39, 0.29) is 5.91 Å². The number of hydrogen-bond acceptors (Lipinski definition) is 3. The summed E-state index contributed by atoms with van der Waals surface area (Å²) in [4.78, 5) is 21.7. The summed E-state index contributed by atoms with van der Waals surface area (Å²) in [5, 5.41) is 0. The second-order valence-electron chi connectivity index (χ2n) is 6.38. The molecule has 0 aliphatic heterocycles. The minimum atomic E-state index is -0.0214. The molecule has 5 heteroatoms. The van der Waals surface area contributed by atoms with Gasteiger partial charge in [0.2, 0.25) is 0 Å². The Morgan fingerprint density at radius 2 is 1.76 bits per heavy atom. The highest BCUT2D eigenvalue weighted by molar-refractivity contribution is 5.94. The molecule has 0 spiro atoms. The molecule has 3 rings (SSSR count). The van der Waals surface area contributed by atoms with Crippen LogP contribution in [0.2, 0.25) is 0 Å². The molecule has 0 atom stereocenters. The number of carbonyl (C=O) groups is 1. The maximum absolute atomic E-state index is 13.2. The van der Waals surface area contributed by atoms with E-state index in [1.165, 1.54) is 0 Å². The average molecular weight is 336 g/mol. The van der Waals surface area contributed by atoms with Crippen molar-refractivity contribution >= 4 is 11.6 Å². The minimum absolute atomic E-state index is 0.0214. The van der Waals surface area contributed by atoms with Crippen molar-refractivity contribution in [1.29, 1.82) is 0 Å². The van der Waals surface area contributed by atoms with E-state index in [2.05, 4.69) is 9.88 Å². The molecule has 1 aromatic carbocycles. The van der Waals surface area contributed by atoms with E-state index in [1.807, 2.05) is 85.0 Å². The number of fused-ring (bicyclic) bond motifs is 1. The van der Waals surface area contributed by atoms with E-state index in [4.69, 9.17) is 0 Å². The molecule has 0 fully saturated rings. The molecule has 130 valence electrons. The predicted molar refractivity (Wildman–Crippen MR) is 99.4 cm³/mol. The number of rotatable bonds is 6. The van der Waals surface area contributed by atoms with Gasteiger partial charge < -0.3 is 14.2 Å². The van der Waals surface area contributed by atoms with E-state index in [1.54, 1.807) is 0 Å². The fourth-order valence-corrected chi connectivity index (χ4v) is 2.95. The van der Waals surface area contributed by atoms with Gasteiger partial charge >= 0.3 is 0 Å². The van der Waals surface area contributed by atoms with Crippen molar-refractivity contribution in [2.45, 2.75) is 20.0 Å². The smallest absolute Gasteiger partial charge is 0.274 e. The van der Waals surface area contributed by atoms with Crippen molar-refractivity contribution in [3.63, 3.8) is 0 Å². The number of hydrogen-bond donors (Lipinski definition) is 0. The molecule has 0 N–H and O–H groups in total. The van der Waals surface area contributed by atoms with Gasteiger partial charge in [0.25, 0.3) is 5.91 Å². The SMILES string of the molecule is CCN(Cc1ccccc1)C(=O)c1nc2ccccn2c1CN(C)C. The molecule has 2 heterocycles. The number of benzene rings is 1. The Balaban J connectivity index is 1.97. The molecule has 0 bridgehead atoms. The quantitative estimate of drug-likeness (QED) is 0.695. The molecule has 3 aromatic rings. The van der Waals surface area contributed by atoms with Crippen LogP contribution in [0.15, 0.2) is 54.7 Å². The van der Waals surface area contributed by atoms with Crippen LogP contribution < -0.4 is 0 Å². The van der Waals surface area contributed by atoms with E-state index >= 15 is 0 Å². The van der Waals surface area contributed by atoms with Crippen molar-refractivity contribution in [2.24, 2.45) is 0 Å². The third kappa shape index (κ3) is 3.72. The van der Waals surface area contributed by atoms with Crippen LogP contribution in [0.25, 0.3) is 5.65 Å². The second-order valence-corrected chi connectivity index (χ2v) is 6.38. The Hall–Kier alpha value is -2.66. The Bertz CT molecular complexity index is 855. The van der Waals surface area contributed by atoms with Gasteiger partial charge in [-0.15, -0.1) is 0 Å².